The van der Waals surface area contributed by atoms with Gasteiger partial charge < -0.3 is 21.2 Å². The third-order valence-electron chi connectivity index (χ3n) is 5.81. The molecule has 1 aliphatic rings. The number of benzene rings is 2. The quantitative estimate of drug-likeness (QED) is 0.319. The number of H-pyrrole nitrogens is 1. The Morgan fingerprint density at radius 2 is 1.93 bits per heavy atom. The van der Waals surface area contributed by atoms with Gasteiger partial charge in [0.2, 0.25) is 0 Å². The lowest BCUT2D eigenvalue weighted by Crippen LogP contribution is -2.08. The number of nitrogens with one attached hydrogen (secondary N) is 2. The van der Waals surface area contributed by atoms with Crippen molar-refractivity contribution in [1.29, 1.82) is 5.41 Å². The predicted octanol–water partition coefficient (Wildman–Crippen LogP) is 4.33. The number of aliphatic hydroxyl groups excluding tert-OH is 1. The fraction of sp³-hybridized carbons (Fsp3) is 0.217. The highest BCUT2D eigenvalue weighted by atomic mass is 16.3. The Morgan fingerprint density at radius 3 is 2.71 bits per heavy atom. The number of pyridine rings is 1. The number of aromatic amines is 1. The van der Waals surface area contributed by atoms with Crippen molar-refractivity contribution in [1.82, 2.24) is 9.97 Å². The van der Waals surface area contributed by atoms with E-state index in [9.17, 15) is 5.11 Å². The molecular formula is C23H22N4O. The number of anilines is 1. The van der Waals surface area contributed by atoms with Crippen LogP contribution >= 0.6 is 0 Å². The second-order valence-electron chi connectivity index (χ2n) is 7.49. The van der Waals surface area contributed by atoms with E-state index < -0.39 is 0 Å². The smallest absolute Gasteiger partial charge is 0.0831 e. The minimum atomic E-state index is 0.00170. The molecule has 0 radical (unpaired) electrons. The van der Waals surface area contributed by atoms with Crippen molar-refractivity contribution in [3.05, 3.63) is 58.8 Å². The Bertz CT molecular complexity index is 1240. The van der Waals surface area contributed by atoms with E-state index in [-0.39, 0.29) is 6.61 Å². The van der Waals surface area contributed by atoms with Crippen LogP contribution in [0.25, 0.3) is 33.1 Å². The lowest BCUT2D eigenvalue weighted by molar-refractivity contribution is 0.278. The summed E-state index contributed by atoms with van der Waals surface area (Å²) < 4.78 is 0. The third kappa shape index (κ3) is 2.51. The number of nitrogens with zero attached hydrogens (tertiary/aromatic N) is 1. The molecule has 0 unspecified atom stereocenters. The van der Waals surface area contributed by atoms with Crippen LogP contribution in [0.1, 0.15) is 35.2 Å². The fourth-order valence-corrected chi connectivity index (χ4v) is 4.46. The molecule has 5 rings (SSSR count). The monoisotopic (exact) mass is 370 g/mol. The maximum Gasteiger partial charge on any atom is 0.0831 e. The molecule has 28 heavy (non-hydrogen) atoms. The summed E-state index contributed by atoms with van der Waals surface area (Å²) in [5.74, 6) is 0. The maximum absolute atomic E-state index is 9.54. The summed E-state index contributed by atoms with van der Waals surface area (Å²) in [4.78, 5) is 8.35. The number of hydrogen-bond donors (Lipinski definition) is 4. The van der Waals surface area contributed by atoms with E-state index in [1.54, 1.807) is 0 Å². The van der Waals surface area contributed by atoms with E-state index in [1.165, 1.54) is 29.1 Å². The van der Waals surface area contributed by atoms with Crippen LogP contribution in [0.4, 0.5) is 5.69 Å². The first-order chi connectivity index (χ1) is 13.7. The molecule has 5 N–H and O–H groups in total. The molecule has 2 aromatic carbocycles. The van der Waals surface area contributed by atoms with E-state index >= 15 is 0 Å². The van der Waals surface area contributed by atoms with Crippen molar-refractivity contribution in [2.75, 3.05) is 5.73 Å². The molecule has 0 saturated carbocycles. The van der Waals surface area contributed by atoms with Crippen LogP contribution in [-0.4, -0.2) is 21.3 Å². The zero-order valence-electron chi connectivity index (χ0n) is 15.5. The first-order valence-corrected chi connectivity index (χ1v) is 9.67. The lowest BCUT2D eigenvalue weighted by Gasteiger charge is -2.22. The standard InChI is InChI=1S/C23H22N4O/c24-11-14-9-13(5-6-19(14)25)23-17-4-2-1-3-16(17)22-18-10-15(12-28)26-20(18)7-8-21(22)27-23/h5-11,24,26,28H,1-4,12,25H2. The van der Waals surface area contributed by atoms with Crippen LogP contribution in [0.5, 0.6) is 0 Å². The van der Waals surface area contributed by atoms with Gasteiger partial charge in [-0.2, -0.15) is 0 Å². The Kier molecular flexibility index (Phi) is 3.91. The minimum Gasteiger partial charge on any atom is -0.398 e. The van der Waals surface area contributed by atoms with Gasteiger partial charge in [-0.25, -0.2) is 4.98 Å². The molecule has 0 saturated heterocycles. The summed E-state index contributed by atoms with van der Waals surface area (Å²) in [7, 11) is 0. The second kappa shape index (κ2) is 6.46. The fourth-order valence-electron chi connectivity index (χ4n) is 4.46. The topological polar surface area (TPSA) is 98.8 Å². The Balaban J connectivity index is 1.84. The zero-order chi connectivity index (χ0) is 19.3. The van der Waals surface area contributed by atoms with E-state index in [0.29, 0.717) is 5.69 Å². The number of rotatable bonds is 3. The van der Waals surface area contributed by atoms with Crippen molar-refractivity contribution >= 4 is 33.7 Å². The number of nitrogen functional groups attached to an aromatic ring is 1. The molecule has 0 amide bonds. The second-order valence-corrected chi connectivity index (χ2v) is 7.49. The normalized spacial score (nSPS) is 13.8. The molecular weight excluding hydrogens is 348 g/mol. The highest BCUT2D eigenvalue weighted by Gasteiger charge is 2.21. The minimum absolute atomic E-state index is 0.00170. The number of fused-ring (bicyclic) bond motifs is 5. The average molecular weight is 370 g/mol. The van der Waals surface area contributed by atoms with Crippen molar-refractivity contribution in [3.63, 3.8) is 0 Å². The van der Waals surface area contributed by atoms with Crippen LogP contribution in [-0.2, 0) is 19.4 Å². The molecule has 0 atom stereocenters. The van der Waals surface area contributed by atoms with Crippen LogP contribution in [0.3, 0.4) is 0 Å². The van der Waals surface area contributed by atoms with Crippen LogP contribution in [0.15, 0.2) is 36.4 Å². The first kappa shape index (κ1) is 17.0. The molecule has 5 heteroatoms. The van der Waals surface area contributed by atoms with Gasteiger partial charge in [0.1, 0.15) is 0 Å². The van der Waals surface area contributed by atoms with Crippen molar-refractivity contribution in [2.24, 2.45) is 0 Å². The van der Waals surface area contributed by atoms with Gasteiger partial charge >= 0.3 is 0 Å². The van der Waals surface area contributed by atoms with Crippen molar-refractivity contribution in [3.8, 4) is 11.3 Å². The Morgan fingerprint density at radius 1 is 1.11 bits per heavy atom. The summed E-state index contributed by atoms with van der Waals surface area (Å²) in [5.41, 5.74) is 14.8. The van der Waals surface area contributed by atoms with E-state index in [1.807, 2.05) is 30.3 Å². The predicted molar refractivity (Wildman–Crippen MR) is 114 cm³/mol. The van der Waals surface area contributed by atoms with Gasteiger partial charge in [-0.1, -0.05) is 6.07 Å². The molecule has 140 valence electrons. The number of hydrogen-bond acceptors (Lipinski definition) is 4. The summed E-state index contributed by atoms with van der Waals surface area (Å²) in [6.07, 6.45) is 5.67. The van der Waals surface area contributed by atoms with Gasteiger partial charge in [-0.3, -0.25) is 0 Å². The molecule has 0 bridgehead atoms. The number of aliphatic hydroxyl groups is 1. The molecule has 1 aliphatic carbocycles. The molecule has 2 aromatic heterocycles. The molecule has 0 fully saturated rings. The zero-order valence-corrected chi connectivity index (χ0v) is 15.5. The highest BCUT2D eigenvalue weighted by Crippen LogP contribution is 2.38. The van der Waals surface area contributed by atoms with Crippen LogP contribution < -0.4 is 5.73 Å². The SMILES string of the molecule is N=Cc1cc(-c2nc3ccc4[nH]c(CO)cc4c3c3c2CCCC3)ccc1N. The first-order valence-electron chi connectivity index (χ1n) is 9.67. The third-order valence-corrected chi connectivity index (χ3v) is 5.81. The van der Waals surface area contributed by atoms with Gasteiger partial charge in [-0.05, 0) is 67.1 Å². The number of aromatic nitrogens is 2. The number of nitrogens with two attached hydrogens (primary N) is 1. The molecule has 2 heterocycles. The Hall–Kier alpha value is -3.18. The van der Waals surface area contributed by atoms with Gasteiger partial charge in [0.25, 0.3) is 0 Å². The van der Waals surface area contributed by atoms with E-state index in [2.05, 4.69) is 11.1 Å². The molecule has 0 aliphatic heterocycles. The molecule has 4 aromatic rings. The van der Waals surface area contributed by atoms with Crippen molar-refractivity contribution < 1.29 is 5.11 Å². The maximum atomic E-state index is 9.54. The largest absolute Gasteiger partial charge is 0.398 e. The highest BCUT2D eigenvalue weighted by molar-refractivity contribution is 6.08. The summed E-state index contributed by atoms with van der Waals surface area (Å²) in [6.45, 7) is 0.00170. The van der Waals surface area contributed by atoms with Gasteiger partial charge in [0.15, 0.2) is 0 Å². The van der Waals surface area contributed by atoms with Crippen LogP contribution in [0.2, 0.25) is 0 Å². The average Bonchev–Trinajstić information content (AvgIpc) is 3.17. The van der Waals surface area contributed by atoms with Gasteiger partial charge in [0.05, 0.1) is 17.8 Å². The van der Waals surface area contributed by atoms with Crippen LogP contribution in [0, 0.1) is 5.41 Å². The summed E-state index contributed by atoms with van der Waals surface area (Å²) in [5, 5.41) is 19.5. The van der Waals surface area contributed by atoms with E-state index in [0.717, 1.165) is 58.2 Å². The lowest BCUT2D eigenvalue weighted by atomic mass is 9.85. The molecule has 5 nitrogen and oxygen atoms in total. The number of aryl methyl sites for hydroxylation is 1. The van der Waals surface area contributed by atoms with E-state index in [4.69, 9.17) is 16.1 Å². The Labute approximate surface area is 162 Å². The summed E-state index contributed by atoms with van der Waals surface area (Å²) in [6, 6.07) is 12.0. The van der Waals surface area contributed by atoms with Gasteiger partial charge in [0, 0.05) is 45.0 Å². The van der Waals surface area contributed by atoms with Gasteiger partial charge in [-0.15, -0.1) is 0 Å². The summed E-state index contributed by atoms with van der Waals surface area (Å²) >= 11 is 0. The van der Waals surface area contributed by atoms with Crippen molar-refractivity contribution in [2.45, 2.75) is 32.3 Å². The molecule has 0 spiro atoms.